The summed E-state index contributed by atoms with van der Waals surface area (Å²) in [7, 11) is 3.04. The topological polar surface area (TPSA) is 270 Å². The summed E-state index contributed by atoms with van der Waals surface area (Å²) in [6.07, 6.45) is 1.15. The number of ether oxygens (including phenoxy) is 3. The van der Waals surface area contributed by atoms with Crippen molar-refractivity contribution >= 4 is 97.6 Å². The van der Waals surface area contributed by atoms with Crippen LogP contribution >= 0.6 is 33.3 Å². The normalized spacial score (nSPS) is 16.1. The molecule has 64 heavy (non-hydrogen) atoms. The second-order valence-electron chi connectivity index (χ2n) is 14.9. The molecule has 1 aromatic carbocycles. The number of ketones is 4. The number of carbonyl (C=O) groups is 10. The van der Waals surface area contributed by atoms with Gasteiger partial charge in [-0.15, -0.1) is 11.8 Å². The van der Waals surface area contributed by atoms with E-state index >= 15 is 0 Å². The van der Waals surface area contributed by atoms with Crippen LogP contribution in [0.2, 0.25) is 0 Å². The van der Waals surface area contributed by atoms with Crippen molar-refractivity contribution in [3.63, 3.8) is 0 Å². The molecule has 3 rings (SSSR count). The van der Waals surface area contributed by atoms with Gasteiger partial charge in [-0.05, 0) is 44.4 Å². The first kappa shape index (κ1) is 54.1. The largest absolute Gasteiger partial charge is 0.391 e. The fraction of sp³-hybridized carbons (Fsp3) is 0.619. The summed E-state index contributed by atoms with van der Waals surface area (Å²) in [6.45, 7) is 3.37. The molecule has 0 aromatic heterocycles. The van der Waals surface area contributed by atoms with Gasteiger partial charge in [-0.2, -0.15) is 0 Å². The molecule has 4 atom stereocenters. The van der Waals surface area contributed by atoms with Crippen LogP contribution in [-0.4, -0.2) is 155 Å². The molecule has 2 aliphatic heterocycles. The summed E-state index contributed by atoms with van der Waals surface area (Å²) >= 11 is 1.30. The molecule has 22 heteroatoms. The molecule has 19 nitrogen and oxygen atoms in total. The Bertz CT molecular complexity index is 1800. The van der Waals surface area contributed by atoms with Crippen LogP contribution in [0.1, 0.15) is 77.7 Å². The van der Waals surface area contributed by atoms with Crippen molar-refractivity contribution in [2.75, 3.05) is 63.8 Å². The van der Waals surface area contributed by atoms with E-state index in [0.29, 0.717) is 43.5 Å². The fourth-order valence-electron chi connectivity index (χ4n) is 6.00. The average molecular weight is 954 g/mol. The zero-order valence-electron chi connectivity index (χ0n) is 36.4. The number of thioether (sulfide) groups is 1. The van der Waals surface area contributed by atoms with Crippen molar-refractivity contribution in [3.05, 3.63) is 29.8 Å². The third kappa shape index (κ3) is 21.2. The smallest absolute Gasteiger partial charge is 0.250 e. The number of rotatable bonds is 34. The fourth-order valence-corrected chi connectivity index (χ4v) is 8.45. The molecule has 2 unspecified atom stereocenters. The number of aryl methyl sites for hydroxylation is 1. The number of nitrogens with zero attached hydrogens (tertiary/aromatic N) is 1. The minimum absolute atomic E-state index is 0.000669. The Morgan fingerprint density at radius 3 is 2.17 bits per heavy atom. The summed E-state index contributed by atoms with van der Waals surface area (Å²) in [4.78, 5) is 125. The number of hydrogen-bond donors (Lipinski definition) is 5. The van der Waals surface area contributed by atoms with E-state index in [4.69, 9.17) is 14.2 Å². The summed E-state index contributed by atoms with van der Waals surface area (Å²) in [5.41, 5.74) is 1.44. The summed E-state index contributed by atoms with van der Waals surface area (Å²) in [6, 6.07) is 4.34. The number of likely N-dealkylation sites (tertiary alicyclic amines) is 1. The molecule has 0 aliphatic carbocycles. The van der Waals surface area contributed by atoms with E-state index < -0.39 is 72.6 Å². The number of nitrogens with one attached hydrogen (secondary N) is 4. The number of carbonyl (C=O) groups excluding carboxylic acids is 10. The van der Waals surface area contributed by atoms with Crippen LogP contribution in [0.3, 0.4) is 0 Å². The zero-order chi connectivity index (χ0) is 47.0. The number of benzene rings is 1. The molecular weight excluding hydrogens is 895 g/mol. The van der Waals surface area contributed by atoms with Crippen molar-refractivity contribution in [2.24, 2.45) is 0 Å². The number of Topliss-reactive ketones (excluding diaryl/α,β-unsaturated/α-hetero) is 4. The maximum atomic E-state index is 13.1. The number of hydrogen-bond acceptors (Lipinski definition) is 17. The van der Waals surface area contributed by atoms with Gasteiger partial charge in [0, 0.05) is 76.1 Å². The highest BCUT2D eigenvalue weighted by atomic mass is 33.2. The lowest BCUT2D eigenvalue weighted by Gasteiger charge is -2.24. The molecule has 2 fully saturated rings. The highest BCUT2D eigenvalue weighted by molar-refractivity contribution is 8.93. The number of imide groups is 1. The lowest BCUT2D eigenvalue weighted by molar-refractivity contribution is -0.139. The molecule has 6 amide bonds. The van der Waals surface area contributed by atoms with Gasteiger partial charge in [0.25, 0.3) is 0 Å². The van der Waals surface area contributed by atoms with Gasteiger partial charge in [0.05, 0.1) is 31.2 Å². The van der Waals surface area contributed by atoms with Gasteiger partial charge in [0.15, 0.2) is 11.6 Å². The Kier molecular flexibility index (Phi) is 24.8. The van der Waals surface area contributed by atoms with Crippen LogP contribution in [0.25, 0.3) is 0 Å². The van der Waals surface area contributed by atoms with Gasteiger partial charge < -0.3 is 40.6 Å². The molecule has 2 heterocycles. The molecule has 1 aromatic rings. The van der Waals surface area contributed by atoms with Crippen LogP contribution in [0.4, 0.5) is 5.69 Å². The summed E-state index contributed by atoms with van der Waals surface area (Å²) in [5.74, 6) is -3.21. The molecule has 0 bridgehead atoms. The number of aliphatic hydroxyl groups excluding tert-OH is 1. The molecule has 0 saturated carbocycles. The van der Waals surface area contributed by atoms with Crippen molar-refractivity contribution in [1.82, 2.24) is 20.9 Å². The first-order valence-corrected chi connectivity index (χ1v) is 24.4. The van der Waals surface area contributed by atoms with Crippen LogP contribution in [0, 0.1) is 0 Å². The minimum Gasteiger partial charge on any atom is -0.391 e. The van der Waals surface area contributed by atoms with Crippen molar-refractivity contribution in [3.8, 4) is 0 Å². The number of amides is 6. The Morgan fingerprint density at radius 1 is 0.828 bits per heavy atom. The summed E-state index contributed by atoms with van der Waals surface area (Å²) in [5, 5.41) is 19.4. The lowest BCUT2D eigenvalue weighted by Crippen LogP contribution is -2.57. The van der Waals surface area contributed by atoms with Crippen molar-refractivity contribution in [2.45, 2.75) is 107 Å². The van der Waals surface area contributed by atoms with Gasteiger partial charge >= 0.3 is 0 Å². The van der Waals surface area contributed by atoms with Crippen LogP contribution in [-0.2, 0) is 68.6 Å². The first-order chi connectivity index (χ1) is 30.6. The molecule has 0 spiro atoms. The van der Waals surface area contributed by atoms with E-state index in [2.05, 4.69) is 21.3 Å². The molecular formula is C42H59N5O14S3. The van der Waals surface area contributed by atoms with Gasteiger partial charge in [-0.25, -0.2) is 0 Å². The first-order valence-electron chi connectivity index (χ1n) is 21.1. The third-order valence-electron chi connectivity index (χ3n) is 9.69. The Morgan fingerprint density at radius 2 is 1.52 bits per heavy atom. The van der Waals surface area contributed by atoms with E-state index in [-0.39, 0.29) is 92.4 Å². The average Bonchev–Trinajstić information content (AvgIpc) is 4.07. The summed E-state index contributed by atoms with van der Waals surface area (Å²) < 4.78 is 16.2. The number of anilines is 1. The molecule has 354 valence electrons. The van der Waals surface area contributed by atoms with Crippen LogP contribution < -0.4 is 21.3 Å². The monoisotopic (exact) mass is 953 g/mol. The highest BCUT2D eigenvalue weighted by Gasteiger charge is 2.39. The second kappa shape index (κ2) is 29.4. The van der Waals surface area contributed by atoms with E-state index in [0.717, 1.165) is 10.5 Å². The van der Waals surface area contributed by atoms with Crippen molar-refractivity contribution < 1.29 is 67.3 Å². The standard InChI is InChI=1S/C42H59N5O14S3/c1-4-30(50)12-9-28-7-10-29(11-8-28)44-37(55)25-61-24-36(54)43-23-32(40(57)46-39(26(2)48)27(3)49)45-35(53)14-18-60-20-19-59-17-5-6-31(51)13-16-47-38(56)22-34(41(47)58)62-21-15-33(52)42-63-64-42/h7-8,10-11,26,32,34,39,42,48H,4-6,9,12-25H2,1-3H3,(H,43,54)(H,44,55)(H,45,53)(H,46,57)/t26-,32?,34?,39+/m1/s1. The molecule has 2 saturated heterocycles. The second-order valence-corrected chi connectivity index (χ2v) is 19.0. The third-order valence-corrected chi connectivity index (χ3v) is 13.0. The zero-order valence-corrected chi connectivity index (χ0v) is 38.8. The predicted octanol–water partition coefficient (Wildman–Crippen LogP) is 1.31. The molecule has 0 radical (unpaired) electrons. The predicted molar refractivity (Wildman–Crippen MR) is 240 cm³/mol. The van der Waals surface area contributed by atoms with Gasteiger partial charge in [-0.1, -0.05) is 40.6 Å². The number of aliphatic hydroxyl groups is 1. The Hall–Kier alpha value is -4.19. The molecule has 5 N–H and O–H groups in total. The van der Waals surface area contributed by atoms with Gasteiger partial charge in [0.2, 0.25) is 35.4 Å². The lowest BCUT2D eigenvalue weighted by atomic mass is 10.1. The maximum absolute atomic E-state index is 13.1. The van der Waals surface area contributed by atoms with Crippen LogP contribution in [0.5, 0.6) is 0 Å². The quantitative estimate of drug-likeness (QED) is 0.0282. The van der Waals surface area contributed by atoms with E-state index in [1.54, 1.807) is 24.3 Å². The van der Waals surface area contributed by atoms with Gasteiger partial charge in [0.1, 0.15) is 41.4 Å². The van der Waals surface area contributed by atoms with E-state index in [1.165, 1.54) is 47.2 Å². The minimum atomic E-state index is -1.36. The maximum Gasteiger partial charge on any atom is 0.250 e. The van der Waals surface area contributed by atoms with E-state index in [9.17, 15) is 53.1 Å². The van der Waals surface area contributed by atoms with Crippen molar-refractivity contribution in [1.29, 1.82) is 0 Å². The van der Waals surface area contributed by atoms with Gasteiger partial charge in [-0.3, -0.25) is 52.8 Å². The highest BCUT2D eigenvalue weighted by Crippen LogP contribution is 2.54. The molecule has 2 aliphatic rings. The Labute approximate surface area is 384 Å². The van der Waals surface area contributed by atoms with Crippen LogP contribution in [0.15, 0.2) is 24.3 Å². The van der Waals surface area contributed by atoms with E-state index in [1.807, 2.05) is 6.92 Å². The SMILES string of the molecule is CCC(=O)CCc1ccc(NC(=O)COCC(=O)NCC(NC(=O)CCOCCOCCCC(=O)CCN2C(=O)CC(SCCC(=O)C3SS3)C2=O)C(=O)N[C@H](C(C)=O)[C@@H](C)O)cc1. The Balaban J connectivity index is 1.29.